The molecule has 2 aromatic heterocycles. The van der Waals surface area contributed by atoms with E-state index in [0.29, 0.717) is 0 Å². The molecular formula is C14H18N2O. The lowest BCUT2D eigenvalue weighted by Gasteiger charge is -2.15. The molecule has 0 saturated heterocycles. The summed E-state index contributed by atoms with van der Waals surface area (Å²) >= 11 is 0. The summed E-state index contributed by atoms with van der Waals surface area (Å²) in [6.07, 6.45) is 5.39. The molecule has 1 atom stereocenters. The van der Waals surface area contributed by atoms with E-state index >= 15 is 0 Å². The second kappa shape index (κ2) is 5.64. The fraction of sp³-hybridized carbons (Fsp3) is 0.357. The van der Waals surface area contributed by atoms with Crippen LogP contribution in [0.4, 0.5) is 0 Å². The van der Waals surface area contributed by atoms with Crippen molar-refractivity contribution in [2.75, 3.05) is 7.05 Å². The van der Waals surface area contributed by atoms with Gasteiger partial charge in [0.2, 0.25) is 0 Å². The molecule has 0 radical (unpaired) electrons. The van der Waals surface area contributed by atoms with Gasteiger partial charge in [-0.3, -0.25) is 4.98 Å². The Kier molecular flexibility index (Phi) is 3.94. The molecule has 3 nitrogen and oxygen atoms in total. The van der Waals surface area contributed by atoms with Crippen molar-refractivity contribution in [1.29, 1.82) is 0 Å². The average Bonchev–Trinajstić information content (AvgIpc) is 2.85. The van der Waals surface area contributed by atoms with Gasteiger partial charge in [0, 0.05) is 36.3 Å². The van der Waals surface area contributed by atoms with E-state index in [-0.39, 0.29) is 6.04 Å². The van der Waals surface area contributed by atoms with Crippen LogP contribution in [-0.4, -0.2) is 12.0 Å². The third kappa shape index (κ3) is 2.74. The molecule has 0 spiro atoms. The minimum Gasteiger partial charge on any atom is -0.469 e. The van der Waals surface area contributed by atoms with Crippen LogP contribution in [0.5, 0.6) is 0 Å². The highest BCUT2D eigenvalue weighted by Gasteiger charge is 2.16. The molecule has 0 aliphatic heterocycles. The Labute approximate surface area is 102 Å². The van der Waals surface area contributed by atoms with Crippen molar-refractivity contribution >= 4 is 0 Å². The first-order valence-corrected chi connectivity index (χ1v) is 5.98. The van der Waals surface area contributed by atoms with Crippen molar-refractivity contribution in [1.82, 2.24) is 10.3 Å². The summed E-state index contributed by atoms with van der Waals surface area (Å²) in [4.78, 5) is 4.36. The van der Waals surface area contributed by atoms with Crippen LogP contribution in [0.25, 0.3) is 0 Å². The van der Waals surface area contributed by atoms with Gasteiger partial charge in [0.15, 0.2) is 0 Å². The molecule has 17 heavy (non-hydrogen) atoms. The first kappa shape index (κ1) is 11.9. The molecule has 2 rings (SSSR count). The van der Waals surface area contributed by atoms with Crippen molar-refractivity contribution in [3.8, 4) is 0 Å². The maximum absolute atomic E-state index is 5.47. The van der Waals surface area contributed by atoms with Gasteiger partial charge in [0.05, 0.1) is 6.26 Å². The van der Waals surface area contributed by atoms with Crippen molar-refractivity contribution in [3.05, 3.63) is 53.7 Å². The monoisotopic (exact) mass is 230 g/mol. The predicted octanol–water partition coefficient (Wildman–Crippen LogP) is 2.74. The van der Waals surface area contributed by atoms with Gasteiger partial charge in [0.1, 0.15) is 5.76 Å². The Morgan fingerprint density at radius 2 is 2.24 bits per heavy atom. The van der Waals surface area contributed by atoms with E-state index < -0.39 is 0 Å². The number of rotatable bonds is 5. The molecule has 0 fully saturated rings. The van der Waals surface area contributed by atoms with Crippen molar-refractivity contribution in [2.45, 2.75) is 25.8 Å². The van der Waals surface area contributed by atoms with Gasteiger partial charge in [-0.1, -0.05) is 13.0 Å². The van der Waals surface area contributed by atoms with Crippen LogP contribution < -0.4 is 5.32 Å². The van der Waals surface area contributed by atoms with Crippen LogP contribution in [0.3, 0.4) is 0 Å². The van der Waals surface area contributed by atoms with Crippen LogP contribution >= 0.6 is 0 Å². The fourth-order valence-corrected chi connectivity index (χ4v) is 2.04. The van der Waals surface area contributed by atoms with Gasteiger partial charge in [-0.2, -0.15) is 0 Å². The summed E-state index contributed by atoms with van der Waals surface area (Å²) in [5, 5.41) is 3.33. The zero-order valence-electron chi connectivity index (χ0n) is 10.3. The molecule has 2 heterocycles. The highest BCUT2D eigenvalue weighted by Crippen LogP contribution is 2.22. The van der Waals surface area contributed by atoms with Crippen molar-refractivity contribution in [2.24, 2.45) is 0 Å². The maximum atomic E-state index is 5.47. The Hall–Kier alpha value is -1.61. The quantitative estimate of drug-likeness (QED) is 0.858. The van der Waals surface area contributed by atoms with Crippen molar-refractivity contribution in [3.63, 3.8) is 0 Å². The SMILES string of the molecule is CCc1occc1C(Cc1ccccn1)NC. The molecule has 1 unspecified atom stereocenters. The third-order valence-electron chi connectivity index (χ3n) is 2.96. The molecule has 0 aromatic carbocycles. The largest absolute Gasteiger partial charge is 0.469 e. The fourth-order valence-electron chi connectivity index (χ4n) is 2.04. The standard InChI is InChI=1S/C14H18N2O/c1-3-14-12(7-9-17-14)13(15-2)10-11-6-4-5-8-16-11/h4-9,13,15H,3,10H2,1-2H3. The number of likely N-dealkylation sites (N-methyl/N-ethyl adjacent to an activating group) is 1. The minimum atomic E-state index is 0.263. The normalized spacial score (nSPS) is 12.6. The minimum absolute atomic E-state index is 0.263. The summed E-state index contributed by atoms with van der Waals surface area (Å²) in [6.45, 7) is 2.11. The van der Waals surface area contributed by atoms with E-state index in [1.165, 1.54) is 5.56 Å². The van der Waals surface area contributed by atoms with Crippen LogP contribution in [0.1, 0.15) is 30.0 Å². The molecule has 0 aliphatic rings. The number of hydrogen-bond donors (Lipinski definition) is 1. The van der Waals surface area contributed by atoms with E-state index in [1.807, 2.05) is 31.4 Å². The highest BCUT2D eigenvalue weighted by molar-refractivity contribution is 5.23. The molecule has 90 valence electrons. The summed E-state index contributed by atoms with van der Waals surface area (Å²) in [7, 11) is 1.97. The summed E-state index contributed by atoms with van der Waals surface area (Å²) in [5.74, 6) is 1.06. The molecule has 1 N–H and O–H groups in total. The summed E-state index contributed by atoms with van der Waals surface area (Å²) in [6, 6.07) is 8.32. The molecule has 3 heteroatoms. The average molecular weight is 230 g/mol. The Morgan fingerprint density at radius 1 is 1.35 bits per heavy atom. The topological polar surface area (TPSA) is 38.1 Å². The third-order valence-corrected chi connectivity index (χ3v) is 2.96. The Bertz CT molecular complexity index is 450. The van der Waals surface area contributed by atoms with Gasteiger partial charge in [0.25, 0.3) is 0 Å². The first-order chi connectivity index (χ1) is 8.35. The maximum Gasteiger partial charge on any atom is 0.108 e. The van der Waals surface area contributed by atoms with E-state index in [0.717, 1.165) is 24.3 Å². The van der Waals surface area contributed by atoms with E-state index in [9.17, 15) is 0 Å². The van der Waals surface area contributed by atoms with Gasteiger partial charge >= 0.3 is 0 Å². The number of nitrogens with one attached hydrogen (secondary N) is 1. The number of nitrogens with zero attached hydrogens (tertiary/aromatic N) is 1. The lowest BCUT2D eigenvalue weighted by molar-refractivity contribution is 0.494. The summed E-state index contributed by atoms with van der Waals surface area (Å²) in [5.41, 5.74) is 2.33. The molecule has 0 aliphatic carbocycles. The number of hydrogen-bond acceptors (Lipinski definition) is 3. The van der Waals surface area contributed by atoms with Gasteiger partial charge in [-0.05, 0) is 25.2 Å². The van der Waals surface area contributed by atoms with Gasteiger partial charge in [-0.15, -0.1) is 0 Å². The van der Waals surface area contributed by atoms with Crippen LogP contribution in [-0.2, 0) is 12.8 Å². The highest BCUT2D eigenvalue weighted by atomic mass is 16.3. The van der Waals surface area contributed by atoms with E-state index in [2.05, 4.69) is 23.3 Å². The van der Waals surface area contributed by atoms with Gasteiger partial charge < -0.3 is 9.73 Å². The lowest BCUT2D eigenvalue weighted by Crippen LogP contribution is -2.19. The molecule has 0 bridgehead atoms. The predicted molar refractivity (Wildman–Crippen MR) is 67.8 cm³/mol. The number of pyridine rings is 1. The van der Waals surface area contributed by atoms with E-state index in [1.54, 1.807) is 6.26 Å². The molecule has 2 aromatic rings. The smallest absolute Gasteiger partial charge is 0.108 e. The number of furan rings is 1. The second-order valence-corrected chi connectivity index (χ2v) is 4.02. The van der Waals surface area contributed by atoms with Crippen LogP contribution in [0.2, 0.25) is 0 Å². The molecule has 0 amide bonds. The van der Waals surface area contributed by atoms with E-state index in [4.69, 9.17) is 4.42 Å². The lowest BCUT2D eigenvalue weighted by atomic mass is 10.0. The number of aromatic nitrogens is 1. The number of aryl methyl sites for hydroxylation is 1. The Morgan fingerprint density at radius 3 is 2.88 bits per heavy atom. The van der Waals surface area contributed by atoms with Crippen LogP contribution in [0.15, 0.2) is 41.1 Å². The van der Waals surface area contributed by atoms with Crippen LogP contribution in [0, 0.1) is 0 Å². The summed E-state index contributed by atoms with van der Waals surface area (Å²) < 4.78 is 5.47. The first-order valence-electron chi connectivity index (χ1n) is 5.98. The van der Waals surface area contributed by atoms with Gasteiger partial charge in [-0.25, -0.2) is 0 Å². The second-order valence-electron chi connectivity index (χ2n) is 4.02. The zero-order chi connectivity index (χ0) is 12.1. The molecule has 0 saturated carbocycles. The van der Waals surface area contributed by atoms with Crippen molar-refractivity contribution < 1.29 is 4.42 Å². The molecular weight excluding hydrogens is 212 g/mol. The zero-order valence-corrected chi connectivity index (χ0v) is 10.3. The Balaban J connectivity index is 2.17.